The van der Waals surface area contributed by atoms with Gasteiger partial charge < -0.3 is 19.7 Å². The lowest BCUT2D eigenvalue weighted by atomic mass is 10.2. The summed E-state index contributed by atoms with van der Waals surface area (Å²) in [6, 6.07) is -0.216. The second-order valence-electron chi connectivity index (χ2n) is 3.81. The van der Waals surface area contributed by atoms with Crippen molar-refractivity contribution in [3.05, 3.63) is 0 Å². The third-order valence-corrected chi connectivity index (χ3v) is 2.71. The summed E-state index contributed by atoms with van der Waals surface area (Å²) in [4.78, 5) is 13.8. The van der Waals surface area contributed by atoms with Crippen LogP contribution in [0.1, 0.15) is 20.3 Å². The molecule has 5 nitrogen and oxygen atoms in total. The van der Waals surface area contributed by atoms with Crippen LogP contribution in [0, 0.1) is 0 Å². The van der Waals surface area contributed by atoms with Gasteiger partial charge in [0.1, 0.15) is 6.04 Å². The average Bonchev–Trinajstić information content (AvgIpc) is 2.34. The molecule has 0 aliphatic carbocycles. The third kappa shape index (κ3) is 7.31. The molecule has 0 aromatic rings. The van der Waals surface area contributed by atoms with Crippen LogP contribution in [0.5, 0.6) is 0 Å². The van der Waals surface area contributed by atoms with E-state index in [1.54, 1.807) is 14.2 Å². The minimum Gasteiger partial charge on any atom is -0.465 e. The number of nitrogens with zero attached hydrogens (tertiary/aromatic N) is 1. The molecule has 0 aliphatic rings. The number of carbonyl (C=O) groups is 1. The average molecular weight is 246 g/mol. The summed E-state index contributed by atoms with van der Waals surface area (Å²) in [6.07, 6.45) is 0.757. The third-order valence-electron chi connectivity index (χ3n) is 2.71. The Morgan fingerprint density at radius 2 is 2.06 bits per heavy atom. The van der Waals surface area contributed by atoms with Gasteiger partial charge in [-0.25, -0.2) is 0 Å². The Hall–Kier alpha value is -0.650. The number of nitrogens with one attached hydrogen (secondary N) is 1. The van der Waals surface area contributed by atoms with Crippen molar-refractivity contribution in [1.82, 2.24) is 10.2 Å². The van der Waals surface area contributed by atoms with Gasteiger partial charge in [-0.2, -0.15) is 0 Å². The Labute approximate surface area is 104 Å². The van der Waals surface area contributed by atoms with E-state index in [2.05, 4.69) is 17.1 Å². The molecule has 0 amide bonds. The van der Waals surface area contributed by atoms with Gasteiger partial charge in [0.05, 0.1) is 13.2 Å². The molecule has 17 heavy (non-hydrogen) atoms. The lowest BCUT2D eigenvalue weighted by Crippen LogP contribution is -2.39. The maximum Gasteiger partial charge on any atom is 0.323 e. The number of methoxy groups -OCH3 is 1. The molecule has 1 atom stereocenters. The zero-order chi connectivity index (χ0) is 13.1. The first kappa shape index (κ1) is 16.4. The van der Waals surface area contributed by atoms with Gasteiger partial charge >= 0.3 is 5.97 Å². The summed E-state index contributed by atoms with van der Waals surface area (Å²) in [6.45, 7) is 7.80. The highest BCUT2D eigenvalue weighted by atomic mass is 16.5. The lowest BCUT2D eigenvalue weighted by molar-refractivity contribution is -0.145. The van der Waals surface area contributed by atoms with Crippen LogP contribution in [-0.4, -0.2) is 63.9 Å². The molecule has 0 spiro atoms. The molecule has 0 rings (SSSR count). The van der Waals surface area contributed by atoms with E-state index in [0.717, 1.165) is 32.7 Å². The first-order valence-corrected chi connectivity index (χ1v) is 6.24. The SMILES string of the molecule is CCOC(=O)C(CCN(CC)CCOC)NC. The molecule has 0 aliphatic heterocycles. The molecule has 5 heteroatoms. The highest BCUT2D eigenvalue weighted by Crippen LogP contribution is 1.99. The second-order valence-corrected chi connectivity index (χ2v) is 3.81. The Morgan fingerprint density at radius 3 is 2.53 bits per heavy atom. The number of hydrogen-bond donors (Lipinski definition) is 1. The first-order valence-electron chi connectivity index (χ1n) is 6.24. The Kier molecular flexibility index (Phi) is 10.1. The van der Waals surface area contributed by atoms with E-state index in [-0.39, 0.29) is 12.0 Å². The first-order chi connectivity index (χ1) is 8.19. The number of carbonyl (C=O) groups excluding carboxylic acids is 1. The van der Waals surface area contributed by atoms with Crippen molar-refractivity contribution in [2.75, 3.05) is 47.0 Å². The zero-order valence-corrected chi connectivity index (χ0v) is 11.5. The van der Waals surface area contributed by atoms with Crippen LogP contribution in [0.25, 0.3) is 0 Å². The van der Waals surface area contributed by atoms with Gasteiger partial charge in [0.2, 0.25) is 0 Å². The summed E-state index contributed by atoms with van der Waals surface area (Å²) >= 11 is 0. The van der Waals surface area contributed by atoms with E-state index in [9.17, 15) is 4.79 Å². The predicted octanol–water partition coefficient (Wildman–Crippen LogP) is 0.496. The van der Waals surface area contributed by atoms with Crippen LogP contribution in [0.2, 0.25) is 0 Å². The van der Waals surface area contributed by atoms with E-state index in [4.69, 9.17) is 9.47 Å². The molecule has 102 valence electrons. The number of esters is 1. The van der Waals surface area contributed by atoms with E-state index in [1.165, 1.54) is 0 Å². The highest BCUT2D eigenvalue weighted by molar-refractivity contribution is 5.75. The fourth-order valence-electron chi connectivity index (χ4n) is 1.58. The summed E-state index contributed by atoms with van der Waals surface area (Å²) in [5.41, 5.74) is 0. The van der Waals surface area contributed by atoms with E-state index >= 15 is 0 Å². The standard InChI is InChI=1S/C12H26N2O3/c1-5-14(9-10-16-4)8-7-11(13-3)12(15)17-6-2/h11,13H,5-10H2,1-4H3. The minimum atomic E-state index is -0.216. The number of likely N-dealkylation sites (N-methyl/N-ethyl adjacent to an activating group) is 2. The van der Waals surface area contributed by atoms with Crippen LogP contribution in [0.3, 0.4) is 0 Å². The van der Waals surface area contributed by atoms with Crippen LogP contribution in [0.15, 0.2) is 0 Å². The molecular weight excluding hydrogens is 220 g/mol. The van der Waals surface area contributed by atoms with Crippen molar-refractivity contribution in [2.24, 2.45) is 0 Å². The van der Waals surface area contributed by atoms with Crippen molar-refractivity contribution < 1.29 is 14.3 Å². The summed E-state index contributed by atoms with van der Waals surface area (Å²) in [5, 5.41) is 2.99. The molecule has 0 aromatic heterocycles. The molecular formula is C12H26N2O3. The molecule has 0 bridgehead atoms. The lowest BCUT2D eigenvalue weighted by Gasteiger charge is -2.22. The largest absolute Gasteiger partial charge is 0.465 e. The summed E-state index contributed by atoms with van der Waals surface area (Å²) < 4.78 is 10.0. The van der Waals surface area contributed by atoms with Crippen molar-refractivity contribution in [3.63, 3.8) is 0 Å². The monoisotopic (exact) mass is 246 g/mol. The van der Waals surface area contributed by atoms with Gasteiger partial charge in [-0.05, 0) is 26.9 Å². The van der Waals surface area contributed by atoms with Crippen LogP contribution in [0.4, 0.5) is 0 Å². The molecule has 0 saturated carbocycles. The normalized spacial score (nSPS) is 12.8. The smallest absolute Gasteiger partial charge is 0.323 e. The van der Waals surface area contributed by atoms with Crippen molar-refractivity contribution in [3.8, 4) is 0 Å². The van der Waals surface area contributed by atoms with Gasteiger partial charge in [0.15, 0.2) is 0 Å². The summed E-state index contributed by atoms with van der Waals surface area (Å²) in [7, 11) is 3.48. The van der Waals surface area contributed by atoms with Gasteiger partial charge in [0, 0.05) is 20.2 Å². The van der Waals surface area contributed by atoms with Crippen molar-refractivity contribution >= 4 is 5.97 Å². The fourth-order valence-corrected chi connectivity index (χ4v) is 1.58. The minimum absolute atomic E-state index is 0.169. The predicted molar refractivity (Wildman–Crippen MR) is 68.1 cm³/mol. The maximum atomic E-state index is 11.6. The molecule has 0 aromatic carbocycles. The van der Waals surface area contributed by atoms with Crippen LogP contribution >= 0.6 is 0 Å². The Morgan fingerprint density at radius 1 is 1.35 bits per heavy atom. The van der Waals surface area contributed by atoms with Crippen molar-refractivity contribution in [1.29, 1.82) is 0 Å². The van der Waals surface area contributed by atoms with Gasteiger partial charge in [-0.15, -0.1) is 0 Å². The van der Waals surface area contributed by atoms with E-state index in [1.807, 2.05) is 6.92 Å². The highest BCUT2D eigenvalue weighted by Gasteiger charge is 2.18. The molecule has 1 unspecified atom stereocenters. The van der Waals surface area contributed by atoms with E-state index in [0.29, 0.717) is 6.61 Å². The van der Waals surface area contributed by atoms with Gasteiger partial charge in [-0.1, -0.05) is 6.92 Å². The number of ether oxygens (including phenoxy) is 2. The van der Waals surface area contributed by atoms with Crippen molar-refractivity contribution in [2.45, 2.75) is 26.3 Å². The molecule has 0 heterocycles. The van der Waals surface area contributed by atoms with Crippen LogP contribution in [-0.2, 0) is 14.3 Å². The van der Waals surface area contributed by atoms with E-state index < -0.39 is 0 Å². The topological polar surface area (TPSA) is 50.8 Å². The Balaban J connectivity index is 3.97. The number of hydrogen-bond acceptors (Lipinski definition) is 5. The molecule has 0 fully saturated rings. The fraction of sp³-hybridized carbons (Fsp3) is 0.917. The molecule has 0 saturated heterocycles. The molecule has 1 N–H and O–H groups in total. The zero-order valence-electron chi connectivity index (χ0n) is 11.5. The summed E-state index contributed by atoms with van der Waals surface area (Å²) in [5.74, 6) is -0.169. The van der Waals surface area contributed by atoms with Gasteiger partial charge in [0.25, 0.3) is 0 Å². The number of rotatable bonds is 10. The van der Waals surface area contributed by atoms with Gasteiger partial charge in [-0.3, -0.25) is 4.79 Å². The molecule has 0 radical (unpaired) electrons. The quantitative estimate of drug-likeness (QED) is 0.569. The maximum absolute atomic E-state index is 11.6. The Bertz CT molecular complexity index is 200. The second kappa shape index (κ2) is 10.5. The van der Waals surface area contributed by atoms with Crippen LogP contribution < -0.4 is 5.32 Å².